The summed E-state index contributed by atoms with van der Waals surface area (Å²) >= 11 is 0. The Morgan fingerprint density at radius 1 is 1.32 bits per heavy atom. The highest BCUT2D eigenvalue weighted by Gasteiger charge is 2.42. The van der Waals surface area contributed by atoms with Crippen molar-refractivity contribution in [2.45, 2.75) is 51.4 Å². The first kappa shape index (κ1) is 18.5. The summed E-state index contributed by atoms with van der Waals surface area (Å²) in [7, 11) is 1.72. The number of benzene rings is 1. The number of hydrogen-bond acceptors (Lipinski definition) is 3. The number of rotatable bonds is 7. The number of H-pyrrole nitrogens is 1. The molecule has 0 aliphatic heterocycles. The van der Waals surface area contributed by atoms with Crippen LogP contribution in [-0.2, 0) is 18.3 Å². The second kappa shape index (κ2) is 6.97. The maximum atomic E-state index is 11.3. The fourth-order valence-electron chi connectivity index (χ4n) is 3.99. The van der Waals surface area contributed by atoms with Crippen LogP contribution in [0.3, 0.4) is 0 Å². The van der Waals surface area contributed by atoms with Crippen LogP contribution in [0.2, 0.25) is 0 Å². The molecule has 28 heavy (non-hydrogen) atoms. The molecule has 1 fully saturated rings. The predicted molar refractivity (Wildman–Crippen MR) is 109 cm³/mol. The summed E-state index contributed by atoms with van der Waals surface area (Å²) in [5.41, 5.74) is 5.79. The molecule has 0 unspecified atom stereocenters. The second-order valence-corrected chi connectivity index (χ2v) is 7.99. The minimum absolute atomic E-state index is 0.0878. The van der Waals surface area contributed by atoms with Gasteiger partial charge in [-0.1, -0.05) is 26.3 Å². The lowest BCUT2D eigenvalue weighted by molar-refractivity contribution is 0.0690. The number of aromatic nitrogens is 2. The zero-order chi connectivity index (χ0) is 19.9. The second-order valence-electron chi connectivity index (χ2n) is 7.99. The number of nitrogens with zero attached hydrogens (tertiary/aromatic N) is 1. The van der Waals surface area contributed by atoms with Crippen LogP contribution in [0.5, 0.6) is 5.75 Å². The van der Waals surface area contributed by atoms with E-state index in [0.29, 0.717) is 6.42 Å². The van der Waals surface area contributed by atoms with Crippen LogP contribution >= 0.6 is 0 Å². The van der Waals surface area contributed by atoms with E-state index in [0.717, 1.165) is 42.6 Å². The molecule has 1 saturated carbocycles. The molecule has 0 saturated heterocycles. The first-order valence-electron chi connectivity index (χ1n) is 9.86. The standard InChI is InChI=1S/C23H26N2O3/c1-4-6-14-11-16-17(12-15-7-5-8-18(24-15)22(26)27)21(23(2)9-10-23)25-19(16)13-20(14)28-3/h5,7-8,11,13,25H,4,6,9-10,12H2,1-3H3,(H,26,27). The summed E-state index contributed by atoms with van der Waals surface area (Å²) in [6.07, 6.45) is 4.95. The molecule has 0 spiro atoms. The van der Waals surface area contributed by atoms with Crippen LogP contribution in [0, 0.1) is 0 Å². The number of methoxy groups -OCH3 is 1. The monoisotopic (exact) mass is 378 g/mol. The molecule has 2 aromatic heterocycles. The number of aromatic amines is 1. The fraction of sp³-hybridized carbons (Fsp3) is 0.391. The summed E-state index contributed by atoms with van der Waals surface area (Å²) in [5.74, 6) is -0.0780. The van der Waals surface area contributed by atoms with Gasteiger partial charge < -0.3 is 14.8 Å². The van der Waals surface area contributed by atoms with Gasteiger partial charge in [0.15, 0.2) is 0 Å². The van der Waals surface area contributed by atoms with Gasteiger partial charge in [-0.3, -0.25) is 0 Å². The summed E-state index contributed by atoms with van der Waals surface area (Å²) in [6, 6.07) is 9.54. The summed E-state index contributed by atoms with van der Waals surface area (Å²) in [6.45, 7) is 4.45. The van der Waals surface area contributed by atoms with Crippen molar-refractivity contribution in [1.29, 1.82) is 0 Å². The van der Waals surface area contributed by atoms with Gasteiger partial charge in [0.25, 0.3) is 0 Å². The Hall–Kier alpha value is -2.82. The normalized spacial score (nSPS) is 15.0. The average Bonchev–Trinajstić information content (AvgIpc) is 3.34. The molecule has 0 atom stereocenters. The van der Waals surface area contributed by atoms with Gasteiger partial charge >= 0.3 is 5.97 Å². The molecule has 0 amide bonds. The fourth-order valence-corrected chi connectivity index (χ4v) is 3.99. The van der Waals surface area contributed by atoms with Crippen LogP contribution in [0.4, 0.5) is 0 Å². The van der Waals surface area contributed by atoms with Gasteiger partial charge in [-0.15, -0.1) is 0 Å². The van der Waals surface area contributed by atoms with Crippen molar-refractivity contribution in [1.82, 2.24) is 9.97 Å². The molecule has 0 radical (unpaired) electrons. The zero-order valence-electron chi connectivity index (χ0n) is 16.6. The minimum Gasteiger partial charge on any atom is -0.496 e. The van der Waals surface area contributed by atoms with E-state index in [9.17, 15) is 9.90 Å². The molecule has 4 rings (SSSR count). The Bertz CT molecular complexity index is 1050. The zero-order valence-corrected chi connectivity index (χ0v) is 16.6. The lowest BCUT2D eigenvalue weighted by Gasteiger charge is -2.11. The molecule has 146 valence electrons. The number of aryl methyl sites for hydroxylation is 1. The first-order chi connectivity index (χ1) is 13.4. The van der Waals surface area contributed by atoms with Crippen molar-refractivity contribution in [2.24, 2.45) is 0 Å². The number of aromatic carboxylic acids is 1. The molecule has 1 aliphatic rings. The number of ether oxygens (including phenoxy) is 1. The van der Waals surface area contributed by atoms with E-state index in [1.54, 1.807) is 13.2 Å². The topological polar surface area (TPSA) is 75.2 Å². The van der Waals surface area contributed by atoms with E-state index in [2.05, 4.69) is 35.9 Å². The molecular weight excluding hydrogens is 352 g/mol. The van der Waals surface area contributed by atoms with Crippen LogP contribution in [0.1, 0.15) is 66.1 Å². The average molecular weight is 378 g/mol. The maximum absolute atomic E-state index is 11.3. The van der Waals surface area contributed by atoms with Crippen LogP contribution in [0.25, 0.3) is 10.9 Å². The molecular formula is C23H26N2O3. The molecule has 1 aromatic carbocycles. The highest BCUT2D eigenvalue weighted by Crippen LogP contribution is 2.50. The lowest BCUT2D eigenvalue weighted by Crippen LogP contribution is -2.07. The van der Waals surface area contributed by atoms with Gasteiger partial charge in [-0.05, 0) is 48.6 Å². The maximum Gasteiger partial charge on any atom is 0.354 e. The quantitative estimate of drug-likeness (QED) is 0.615. The molecule has 2 heterocycles. The van der Waals surface area contributed by atoms with Crippen LogP contribution in [-0.4, -0.2) is 28.2 Å². The SMILES string of the molecule is CCCc1cc2c(Cc3cccc(C(=O)O)n3)c(C3(C)CC3)[nH]c2cc1OC. The third-order valence-electron chi connectivity index (χ3n) is 5.81. The first-order valence-corrected chi connectivity index (χ1v) is 9.86. The number of carboxylic acid groups (broad SMARTS) is 1. The van der Waals surface area contributed by atoms with E-state index in [1.807, 2.05) is 6.07 Å². The van der Waals surface area contributed by atoms with Crippen molar-refractivity contribution in [3.8, 4) is 5.75 Å². The molecule has 5 nitrogen and oxygen atoms in total. The lowest BCUT2D eigenvalue weighted by atomic mass is 9.95. The molecule has 1 aliphatic carbocycles. The largest absolute Gasteiger partial charge is 0.496 e. The Morgan fingerprint density at radius 3 is 2.75 bits per heavy atom. The Labute approximate surface area is 164 Å². The summed E-state index contributed by atoms with van der Waals surface area (Å²) < 4.78 is 5.62. The van der Waals surface area contributed by atoms with Crippen molar-refractivity contribution < 1.29 is 14.6 Å². The van der Waals surface area contributed by atoms with Gasteiger partial charge in [-0.2, -0.15) is 0 Å². The summed E-state index contributed by atoms with van der Waals surface area (Å²) in [4.78, 5) is 19.3. The molecule has 2 N–H and O–H groups in total. The van der Waals surface area contributed by atoms with E-state index < -0.39 is 5.97 Å². The number of pyridine rings is 1. The number of fused-ring (bicyclic) bond motifs is 1. The summed E-state index contributed by atoms with van der Waals surface area (Å²) in [5, 5.41) is 10.5. The molecule has 0 bridgehead atoms. The number of carboxylic acids is 1. The Morgan fingerprint density at radius 2 is 2.11 bits per heavy atom. The van der Waals surface area contributed by atoms with Gasteiger partial charge in [-0.25, -0.2) is 9.78 Å². The van der Waals surface area contributed by atoms with Gasteiger partial charge in [0.2, 0.25) is 0 Å². The Balaban J connectivity index is 1.86. The van der Waals surface area contributed by atoms with Crippen LogP contribution in [0.15, 0.2) is 30.3 Å². The number of nitrogens with one attached hydrogen (secondary N) is 1. The molecule has 3 aromatic rings. The van der Waals surface area contributed by atoms with Gasteiger partial charge in [0.05, 0.1) is 7.11 Å². The smallest absolute Gasteiger partial charge is 0.354 e. The van der Waals surface area contributed by atoms with E-state index in [-0.39, 0.29) is 11.1 Å². The van der Waals surface area contributed by atoms with Gasteiger partial charge in [0, 0.05) is 40.2 Å². The van der Waals surface area contributed by atoms with E-state index in [4.69, 9.17) is 4.74 Å². The van der Waals surface area contributed by atoms with Crippen molar-refractivity contribution in [3.05, 3.63) is 58.5 Å². The molecule has 5 heteroatoms. The van der Waals surface area contributed by atoms with Crippen molar-refractivity contribution in [2.75, 3.05) is 7.11 Å². The highest BCUT2D eigenvalue weighted by atomic mass is 16.5. The van der Waals surface area contributed by atoms with E-state index in [1.165, 1.54) is 28.3 Å². The third kappa shape index (κ3) is 3.26. The minimum atomic E-state index is -0.995. The van der Waals surface area contributed by atoms with Crippen molar-refractivity contribution in [3.63, 3.8) is 0 Å². The van der Waals surface area contributed by atoms with E-state index >= 15 is 0 Å². The Kier molecular flexibility index (Phi) is 4.61. The highest BCUT2D eigenvalue weighted by molar-refractivity contribution is 5.88. The number of hydrogen-bond donors (Lipinski definition) is 2. The third-order valence-corrected chi connectivity index (χ3v) is 5.81. The number of carbonyl (C=O) groups is 1. The van der Waals surface area contributed by atoms with Crippen LogP contribution < -0.4 is 4.74 Å². The van der Waals surface area contributed by atoms with Gasteiger partial charge in [0.1, 0.15) is 11.4 Å². The van der Waals surface area contributed by atoms with Crippen molar-refractivity contribution >= 4 is 16.9 Å². The predicted octanol–water partition coefficient (Wildman–Crippen LogP) is 4.86.